The average molecular weight is 340 g/mol. The maximum Gasteiger partial charge on any atom is 0.226 e. The Balaban J connectivity index is 1.54. The molecule has 0 saturated heterocycles. The molecule has 1 amide bonds. The number of carbonyl (C=O) groups excluding carboxylic acids is 2. The first-order chi connectivity index (χ1) is 11.6. The van der Waals surface area contributed by atoms with Crippen LogP contribution in [0.4, 0.5) is 5.13 Å². The van der Waals surface area contributed by atoms with Crippen LogP contribution in [0.15, 0.2) is 48.1 Å². The molecule has 2 aromatic heterocycles. The SMILES string of the molecule is CC(=O)c1csc(NC(=O)CCc2cnn(-c3ccccc3)c2)n1. The van der Waals surface area contributed by atoms with Gasteiger partial charge in [0.1, 0.15) is 5.69 Å². The third-order valence-electron chi connectivity index (χ3n) is 3.41. The molecule has 122 valence electrons. The number of carbonyl (C=O) groups is 2. The van der Waals surface area contributed by atoms with Crippen molar-refractivity contribution >= 4 is 28.2 Å². The molecule has 0 aliphatic rings. The lowest BCUT2D eigenvalue weighted by Gasteiger charge is -2.01. The van der Waals surface area contributed by atoms with Gasteiger partial charge in [-0.05, 0) is 24.1 Å². The Labute approximate surface area is 143 Å². The predicted molar refractivity (Wildman–Crippen MR) is 92.6 cm³/mol. The lowest BCUT2D eigenvalue weighted by Crippen LogP contribution is -2.12. The number of aromatic nitrogens is 3. The van der Waals surface area contributed by atoms with Crippen molar-refractivity contribution in [1.29, 1.82) is 0 Å². The van der Waals surface area contributed by atoms with Gasteiger partial charge in [-0.2, -0.15) is 5.10 Å². The Kier molecular flexibility index (Phi) is 4.81. The molecule has 0 spiro atoms. The number of hydrogen-bond acceptors (Lipinski definition) is 5. The second-order valence-electron chi connectivity index (χ2n) is 5.27. The van der Waals surface area contributed by atoms with Gasteiger partial charge in [0.05, 0.1) is 11.9 Å². The number of aryl methyl sites for hydroxylation is 1. The highest BCUT2D eigenvalue weighted by Gasteiger charge is 2.10. The van der Waals surface area contributed by atoms with E-state index in [1.54, 1.807) is 16.3 Å². The van der Waals surface area contributed by atoms with Crippen LogP contribution in [0.2, 0.25) is 0 Å². The van der Waals surface area contributed by atoms with Crippen molar-refractivity contribution in [1.82, 2.24) is 14.8 Å². The first-order valence-electron chi connectivity index (χ1n) is 7.47. The maximum atomic E-state index is 12.0. The highest BCUT2D eigenvalue weighted by Crippen LogP contribution is 2.16. The van der Waals surface area contributed by atoms with Crippen LogP contribution in [0.25, 0.3) is 5.69 Å². The summed E-state index contributed by atoms with van der Waals surface area (Å²) >= 11 is 1.25. The Morgan fingerprint density at radius 2 is 2.04 bits per heavy atom. The molecule has 24 heavy (non-hydrogen) atoms. The number of Topliss-reactive ketones (excluding diaryl/α,β-unsaturated/α-hetero) is 1. The molecular formula is C17H16N4O2S. The van der Waals surface area contributed by atoms with E-state index in [0.717, 1.165) is 11.3 Å². The van der Waals surface area contributed by atoms with Crippen molar-refractivity contribution in [3.63, 3.8) is 0 Å². The number of anilines is 1. The molecule has 3 rings (SSSR count). The Morgan fingerprint density at radius 3 is 2.75 bits per heavy atom. The van der Waals surface area contributed by atoms with E-state index < -0.39 is 0 Å². The monoisotopic (exact) mass is 340 g/mol. The van der Waals surface area contributed by atoms with Crippen molar-refractivity contribution in [3.05, 3.63) is 59.4 Å². The van der Waals surface area contributed by atoms with Crippen molar-refractivity contribution in [2.75, 3.05) is 5.32 Å². The van der Waals surface area contributed by atoms with Crippen LogP contribution in [-0.4, -0.2) is 26.5 Å². The van der Waals surface area contributed by atoms with Gasteiger partial charge in [0.25, 0.3) is 0 Å². The molecule has 7 heteroatoms. The van der Waals surface area contributed by atoms with Crippen molar-refractivity contribution in [3.8, 4) is 5.69 Å². The van der Waals surface area contributed by atoms with Crippen LogP contribution in [-0.2, 0) is 11.2 Å². The van der Waals surface area contributed by atoms with Gasteiger partial charge in [0.15, 0.2) is 10.9 Å². The lowest BCUT2D eigenvalue weighted by atomic mass is 10.2. The summed E-state index contributed by atoms with van der Waals surface area (Å²) in [7, 11) is 0. The van der Waals surface area contributed by atoms with Crippen LogP contribution in [0.1, 0.15) is 29.4 Å². The third-order valence-corrected chi connectivity index (χ3v) is 4.17. The number of rotatable bonds is 6. The van der Waals surface area contributed by atoms with E-state index >= 15 is 0 Å². The van der Waals surface area contributed by atoms with Crippen LogP contribution in [0, 0.1) is 0 Å². The number of amides is 1. The third kappa shape index (κ3) is 3.94. The Morgan fingerprint density at radius 1 is 1.25 bits per heavy atom. The lowest BCUT2D eigenvalue weighted by molar-refractivity contribution is -0.116. The first-order valence-corrected chi connectivity index (χ1v) is 8.35. The number of ketones is 1. The molecule has 0 aliphatic carbocycles. The Hall–Kier alpha value is -2.80. The van der Waals surface area contributed by atoms with Gasteiger partial charge in [-0.25, -0.2) is 9.67 Å². The molecule has 2 heterocycles. The molecule has 0 fully saturated rings. The molecule has 0 bridgehead atoms. The van der Waals surface area contributed by atoms with Gasteiger partial charge >= 0.3 is 0 Å². The standard InChI is InChI=1S/C17H16N4O2S/c1-12(22)15-11-24-17(19-15)20-16(23)8-7-13-9-18-21(10-13)14-5-3-2-4-6-14/h2-6,9-11H,7-8H2,1H3,(H,19,20,23). The molecule has 3 aromatic rings. The second-order valence-corrected chi connectivity index (χ2v) is 6.13. The molecule has 1 aromatic carbocycles. The molecule has 1 N–H and O–H groups in total. The Bertz CT molecular complexity index is 854. The number of nitrogens with one attached hydrogen (secondary N) is 1. The molecular weight excluding hydrogens is 324 g/mol. The average Bonchev–Trinajstić information content (AvgIpc) is 3.23. The zero-order valence-corrected chi connectivity index (χ0v) is 13.9. The first kappa shape index (κ1) is 16.1. The van der Waals surface area contributed by atoms with Gasteiger partial charge in [0.2, 0.25) is 5.91 Å². The van der Waals surface area contributed by atoms with Gasteiger partial charge in [0, 0.05) is 24.9 Å². The quantitative estimate of drug-likeness (QED) is 0.700. The maximum absolute atomic E-state index is 12.0. The summed E-state index contributed by atoms with van der Waals surface area (Å²) in [6, 6.07) is 9.80. The number of para-hydroxylation sites is 1. The van der Waals surface area contributed by atoms with Gasteiger partial charge < -0.3 is 5.32 Å². The summed E-state index contributed by atoms with van der Waals surface area (Å²) in [5, 5.41) is 9.11. The molecule has 0 unspecified atom stereocenters. The van der Waals surface area contributed by atoms with E-state index in [0.29, 0.717) is 23.7 Å². The minimum Gasteiger partial charge on any atom is -0.302 e. The molecule has 0 radical (unpaired) electrons. The highest BCUT2D eigenvalue weighted by atomic mass is 32.1. The summed E-state index contributed by atoms with van der Waals surface area (Å²) in [4.78, 5) is 27.3. The molecule has 6 nitrogen and oxygen atoms in total. The zero-order chi connectivity index (χ0) is 16.9. The smallest absolute Gasteiger partial charge is 0.226 e. The minimum atomic E-state index is -0.132. The molecule has 0 aliphatic heterocycles. The summed E-state index contributed by atoms with van der Waals surface area (Å²) in [5.74, 6) is -0.244. The van der Waals surface area contributed by atoms with Gasteiger partial charge in [-0.15, -0.1) is 11.3 Å². The van der Waals surface area contributed by atoms with E-state index in [1.165, 1.54) is 18.3 Å². The normalized spacial score (nSPS) is 10.5. The second kappa shape index (κ2) is 7.18. The fourth-order valence-corrected chi connectivity index (χ4v) is 2.91. The number of benzene rings is 1. The van der Waals surface area contributed by atoms with E-state index in [9.17, 15) is 9.59 Å². The predicted octanol–water partition coefficient (Wildman–Crippen LogP) is 3.10. The summed E-state index contributed by atoms with van der Waals surface area (Å²) in [6.45, 7) is 1.45. The minimum absolute atomic E-state index is 0.111. The van der Waals surface area contributed by atoms with E-state index in [-0.39, 0.29) is 11.7 Å². The van der Waals surface area contributed by atoms with Crippen LogP contribution in [0.5, 0.6) is 0 Å². The molecule has 0 saturated carbocycles. The number of hydrogen-bond donors (Lipinski definition) is 1. The summed E-state index contributed by atoms with van der Waals surface area (Å²) in [6.07, 6.45) is 4.59. The van der Waals surface area contributed by atoms with Gasteiger partial charge in [-0.3, -0.25) is 9.59 Å². The van der Waals surface area contributed by atoms with E-state index in [4.69, 9.17) is 0 Å². The van der Waals surface area contributed by atoms with E-state index in [2.05, 4.69) is 15.4 Å². The van der Waals surface area contributed by atoms with Gasteiger partial charge in [-0.1, -0.05) is 18.2 Å². The summed E-state index contributed by atoms with van der Waals surface area (Å²) in [5.41, 5.74) is 2.34. The highest BCUT2D eigenvalue weighted by molar-refractivity contribution is 7.14. The van der Waals surface area contributed by atoms with Crippen molar-refractivity contribution in [2.24, 2.45) is 0 Å². The number of thiazole rings is 1. The van der Waals surface area contributed by atoms with Crippen LogP contribution < -0.4 is 5.32 Å². The largest absolute Gasteiger partial charge is 0.302 e. The van der Waals surface area contributed by atoms with Crippen molar-refractivity contribution < 1.29 is 9.59 Å². The fourth-order valence-electron chi connectivity index (χ4n) is 2.14. The van der Waals surface area contributed by atoms with Crippen LogP contribution in [0.3, 0.4) is 0 Å². The molecule has 0 atom stereocenters. The fraction of sp³-hybridized carbons (Fsp3) is 0.176. The van der Waals surface area contributed by atoms with Crippen LogP contribution >= 0.6 is 11.3 Å². The number of nitrogens with zero attached hydrogens (tertiary/aromatic N) is 3. The summed E-state index contributed by atoms with van der Waals surface area (Å²) < 4.78 is 1.78. The van der Waals surface area contributed by atoms with E-state index in [1.807, 2.05) is 36.5 Å². The topological polar surface area (TPSA) is 76.9 Å². The van der Waals surface area contributed by atoms with Crippen molar-refractivity contribution in [2.45, 2.75) is 19.8 Å². The zero-order valence-electron chi connectivity index (χ0n) is 13.1.